The molecule has 0 saturated carbocycles. The summed E-state index contributed by atoms with van der Waals surface area (Å²) in [6.07, 6.45) is 1.78. The first-order valence-corrected chi connectivity index (χ1v) is 5.73. The van der Waals surface area contributed by atoms with Gasteiger partial charge in [0.05, 0.1) is 11.2 Å². The van der Waals surface area contributed by atoms with E-state index in [1.54, 1.807) is 18.3 Å². The Bertz CT molecular complexity index is 672. The topological polar surface area (TPSA) is 45.1 Å². The fourth-order valence-corrected chi connectivity index (χ4v) is 1.91. The summed E-state index contributed by atoms with van der Waals surface area (Å²) in [5.74, 6) is 0.261. The molecule has 2 aromatic carbocycles. The second kappa shape index (κ2) is 4.37. The molecule has 2 N–H and O–H groups in total. The Hall–Kier alpha value is -2.55. The Morgan fingerprint density at radius 2 is 1.67 bits per heavy atom. The maximum atomic E-state index is 9.25. The Balaban J connectivity index is 2.02. The van der Waals surface area contributed by atoms with Crippen LogP contribution in [0.3, 0.4) is 0 Å². The van der Waals surface area contributed by atoms with Gasteiger partial charge in [-0.3, -0.25) is 4.98 Å². The number of nitrogens with zero attached hydrogens (tertiary/aromatic N) is 1. The van der Waals surface area contributed by atoms with Crippen LogP contribution in [0, 0.1) is 0 Å². The number of rotatable bonds is 2. The summed E-state index contributed by atoms with van der Waals surface area (Å²) in [5.41, 5.74) is 2.82. The molecule has 0 aliphatic rings. The highest BCUT2D eigenvalue weighted by Gasteiger charge is 2.01. The SMILES string of the molecule is Oc1ccc(Nc2cccc3cccnc23)cc1. The van der Waals surface area contributed by atoms with Gasteiger partial charge in [-0.05, 0) is 36.4 Å². The molecule has 0 fully saturated rings. The lowest BCUT2D eigenvalue weighted by Gasteiger charge is -2.08. The van der Waals surface area contributed by atoms with Gasteiger partial charge in [0, 0.05) is 17.3 Å². The number of phenolic OH excluding ortho intramolecular Hbond substituents is 1. The van der Waals surface area contributed by atoms with Crippen LogP contribution in [0.4, 0.5) is 11.4 Å². The number of phenols is 1. The number of hydrogen-bond acceptors (Lipinski definition) is 3. The lowest BCUT2D eigenvalue weighted by Crippen LogP contribution is -1.92. The van der Waals surface area contributed by atoms with Crippen LogP contribution in [-0.2, 0) is 0 Å². The average Bonchev–Trinajstić information content (AvgIpc) is 2.42. The van der Waals surface area contributed by atoms with E-state index < -0.39 is 0 Å². The van der Waals surface area contributed by atoms with Gasteiger partial charge in [-0.2, -0.15) is 0 Å². The number of benzene rings is 2. The van der Waals surface area contributed by atoms with Crippen LogP contribution in [0.2, 0.25) is 0 Å². The van der Waals surface area contributed by atoms with Crippen LogP contribution in [0.25, 0.3) is 10.9 Å². The van der Waals surface area contributed by atoms with E-state index in [0.717, 1.165) is 22.3 Å². The largest absolute Gasteiger partial charge is 0.508 e. The van der Waals surface area contributed by atoms with Crippen molar-refractivity contribution < 1.29 is 5.11 Å². The van der Waals surface area contributed by atoms with Crippen molar-refractivity contribution in [2.75, 3.05) is 5.32 Å². The first-order valence-electron chi connectivity index (χ1n) is 5.73. The number of fused-ring (bicyclic) bond motifs is 1. The molecule has 3 aromatic rings. The molecule has 0 radical (unpaired) electrons. The molecule has 0 aliphatic carbocycles. The summed E-state index contributed by atoms with van der Waals surface area (Å²) in [6.45, 7) is 0. The van der Waals surface area contributed by atoms with Crippen molar-refractivity contribution in [1.82, 2.24) is 4.98 Å². The Morgan fingerprint density at radius 1 is 0.889 bits per heavy atom. The molecule has 0 saturated heterocycles. The monoisotopic (exact) mass is 236 g/mol. The van der Waals surface area contributed by atoms with Gasteiger partial charge in [0.25, 0.3) is 0 Å². The minimum absolute atomic E-state index is 0.261. The number of aromatic nitrogens is 1. The molecule has 1 heterocycles. The van der Waals surface area contributed by atoms with Gasteiger partial charge in [-0.15, -0.1) is 0 Å². The van der Waals surface area contributed by atoms with Gasteiger partial charge < -0.3 is 10.4 Å². The molecular weight excluding hydrogens is 224 g/mol. The third-order valence-electron chi connectivity index (χ3n) is 2.78. The normalized spacial score (nSPS) is 10.4. The summed E-state index contributed by atoms with van der Waals surface area (Å²) in [5, 5.41) is 13.7. The molecule has 88 valence electrons. The number of nitrogens with one attached hydrogen (secondary N) is 1. The van der Waals surface area contributed by atoms with Gasteiger partial charge in [-0.1, -0.05) is 18.2 Å². The number of pyridine rings is 1. The molecule has 3 heteroatoms. The van der Waals surface area contributed by atoms with Crippen LogP contribution in [0.15, 0.2) is 60.8 Å². The molecule has 3 nitrogen and oxygen atoms in total. The van der Waals surface area contributed by atoms with Crippen molar-refractivity contribution in [3.8, 4) is 5.75 Å². The smallest absolute Gasteiger partial charge is 0.115 e. The van der Waals surface area contributed by atoms with Crippen molar-refractivity contribution >= 4 is 22.3 Å². The van der Waals surface area contributed by atoms with Gasteiger partial charge in [0.1, 0.15) is 5.75 Å². The van der Waals surface area contributed by atoms with Crippen molar-refractivity contribution in [3.63, 3.8) is 0 Å². The molecule has 0 unspecified atom stereocenters. The second-order valence-electron chi connectivity index (χ2n) is 4.05. The van der Waals surface area contributed by atoms with Crippen molar-refractivity contribution in [2.45, 2.75) is 0 Å². The number of para-hydroxylation sites is 1. The van der Waals surface area contributed by atoms with E-state index in [1.165, 1.54) is 0 Å². The molecule has 3 rings (SSSR count). The van der Waals surface area contributed by atoms with Gasteiger partial charge in [-0.25, -0.2) is 0 Å². The molecule has 0 atom stereocenters. The summed E-state index contributed by atoms with van der Waals surface area (Å²) in [6, 6.07) is 16.9. The lowest BCUT2D eigenvalue weighted by molar-refractivity contribution is 0.475. The van der Waals surface area contributed by atoms with Crippen LogP contribution in [-0.4, -0.2) is 10.1 Å². The number of hydrogen-bond donors (Lipinski definition) is 2. The van der Waals surface area contributed by atoms with E-state index in [1.807, 2.05) is 42.5 Å². The molecule has 0 amide bonds. The van der Waals surface area contributed by atoms with Crippen LogP contribution in [0.5, 0.6) is 5.75 Å². The minimum Gasteiger partial charge on any atom is -0.508 e. The zero-order chi connectivity index (χ0) is 12.4. The summed E-state index contributed by atoms with van der Waals surface area (Å²) >= 11 is 0. The predicted molar refractivity (Wildman–Crippen MR) is 73.1 cm³/mol. The molecule has 18 heavy (non-hydrogen) atoms. The van der Waals surface area contributed by atoms with Gasteiger partial charge in [0.2, 0.25) is 0 Å². The zero-order valence-electron chi connectivity index (χ0n) is 9.67. The molecule has 0 spiro atoms. The van der Waals surface area contributed by atoms with E-state index in [0.29, 0.717) is 0 Å². The van der Waals surface area contributed by atoms with Gasteiger partial charge in [0.15, 0.2) is 0 Å². The van der Waals surface area contributed by atoms with Crippen LogP contribution < -0.4 is 5.32 Å². The highest BCUT2D eigenvalue weighted by molar-refractivity contribution is 5.91. The fraction of sp³-hybridized carbons (Fsp3) is 0. The lowest BCUT2D eigenvalue weighted by atomic mass is 10.2. The quantitative estimate of drug-likeness (QED) is 0.667. The maximum Gasteiger partial charge on any atom is 0.115 e. The second-order valence-corrected chi connectivity index (χ2v) is 4.05. The summed E-state index contributed by atoms with van der Waals surface area (Å²) in [7, 11) is 0. The first-order chi connectivity index (χ1) is 8.83. The molecule has 0 aliphatic heterocycles. The van der Waals surface area contributed by atoms with Crippen molar-refractivity contribution in [2.24, 2.45) is 0 Å². The third-order valence-corrected chi connectivity index (χ3v) is 2.78. The van der Waals surface area contributed by atoms with Crippen LogP contribution >= 0.6 is 0 Å². The highest BCUT2D eigenvalue weighted by atomic mass is 16.3. The highest BCUT2D eigenvalue weighted by Crippen LogP contribution is 2.25. The Morgan fingerprint density at radius 3 is 2.50 bits per heavy atom. The number of anilines is 2. The Kier molecular flexibility index (Phi) is 2.57. The molecular formula is C15H12N2O. The average molecular weight is 236 g/mol. The van der Waals surface area contributed by atoms with Crippen LogP contribution in [0.1, 0.15) is 0 Å². The summed E-state index contributed by atoms with van der Waals surface area (Å²) < 4.78 is 0. The van der Waals surface area contributed by atoms with Crippen molar-refractivity contribution in [1.29, 1.82) is 0 Å². The standard InChI is InChI=1S/C15H12N2O/c18-13-8-6-12(7-9-13)17-14-5-1-3-11-4-2-10-16-15(11)14/h1-10,17-18H. The third kappa shape index (κ3) is 1.98. The van der Waals surface area contributed by atoms with E-state index >= 15 is 0 Å². The fourth-order valence-electron chi connectivity index (χ4n) is 1.91. The summed E-state index contributed by atoms with van der Waals surface area (Å²) in [4.78, 5) is 4.38. The zero-order valence-corrected chi connectivity index (χ0v) is 9.67. The van der Waals surface area contributed by atoms with Gasteiger partial charge >= 0.3 is 0 Å². The van der Waals surface area contributed by atoms with E-state index in [4.69, 9.17) is 0 Å². The first kappa shape index (κ1) is 10.6. The van der Waals surface area contributed by atoms with E-state index in [2.05, 4.69) is 10.3 Å². The number of aromatic hydroxyl groups is 1. The predicted octanol–water partition coefficient (Wildman–Crippen LogP) is 3.68. The molecule has 0 bridgehead atoms. The van der Waals surface area contributed by atoms with E-state index in [-0.39, 0.29) is 5.75 Å². The minimum atomic E-state index is 0.261. The van der Waals surface area contributed by atoms with E-state index in [9.17, 15) is 5.11 Å². The Labute approximate surface area is 105 Å². The van der Waals surface area contributed by atoms with Crippen molar-refractivity contribution in [3.05, 3.63) is 60.8 Å². The molecule has 1 aromatic heterocycles. The maximum absolute atomic E-state index is 9.25.